The second kappa shape index (κ2) is 3.90. The van der Waals surface area contributed by atoms with Gasteiger partial charge in [0.25, 0.3) is 0 Å². The predicted octanol–water partition coefficient (Wildman–Crippen LogP) is 1.45. The van der Waals surface area contributed by atoms with Gasteiger partial charge in [-0.2, -0.15) is 4.98 Å². The third kappa shape index (κ3) is 2.35. The van der Waals surface area contributed by atoms with Crippen LogP contribution in [0.5, 0.6) is 0 Å². The van der Waals surface area contributed by atoms with E-state index in [0.29, 0.717) is 6.54 Å². The van der Waals surface area contributed by atoms with Crippen molar-refractivity contribution < 1.29 is 9.50 Å². The fourth-order valence-electron chi connectivity index (χ4n) is 1.31. The first-order chi connectivity index (χ1) is 7.15. The molecule has 4 nitrogen and oxygen atoms in total. The van der Waals surface area contributed by atoms with Crippen LogP contribution < -0.4 is 5.32 Å². The second-order valence-electron chi connectivity index (χ2n) is 3.85. The Morgan fingerprint density at radius 1 is 1.60 bits per heavy atom. The molecular formula is C9H11ClFN3O. The van der Waals surface area contributed by atoms with Gasteiger partial charge in [-0.1, -0.05) is 0 Å². The van der Waals surface area contributed by atoms with Crippen LogP contribution in [-0.2, 0) is 0 Å². The summed E-state index contributed by atoms with van der Waals surface area (Å²) in [7, 11) is 0. The predicted molar refractivity (Wildman–Crippen MR) is 54.2 cm³/mol. The van der Waals surface area contributed by atoms with E-state index in [1.807, 2.05) is 0 Å². The molecule has 6 heteroatoms. The molecule has 1 aliphatic rings. The summed E-state index contributed by atoms with van der Waals surface area (Å²) < 4.78 is 13.2. The van der Waals surface area contributed by atoms with Gasteiger partial charge in [0.05, 0.1) is 12.8 Å². The summed E-state index contributed by atoms with van der Waals surface area (Å²) in [6, 6.07) is 0. The first kappa shape index (κ1) is 10.6. The molecule has 1 aromatic rings. The van der Waals surface area contributed by atoms with E-state index in [1.165, 1.54) is 0 Å². The van der Waals surface area contributed by atoms with Gasteiger partial charge in [0.1, 0.15) is 0 Å². The van der Waals surface area contributed by atoms with Crippen molar-refractivity contribution in [3.63, 3.8) is 0 Å². The van der Waals surface area contributed by atoms with Crippen LogP contribution in [0.1, 0.15) is 12.8 Å². The lowest BCUT2D eigenvalue weighted by molar-refractivity contribution is 0.219. The molecule has 15 heavy (non-hydrogen) atoms. The third-order valence-corrected chi connectivity index (χ3v) is 2.82. The number of anilines is 1. The lowest BCUT2D eigenvalue weighted by atomic mass is 10.1. The van der Waals surface area contributed by atoms with Crippen molar-refractivity contribution in [2.75, 3.05) is 18.5 Å². The lowest BCUT2D eigenvalue weighted by Gasteiger charge is -2.13. The molecule has 0 spiro atoms. The van der Waals surface area contributed by atoms with Gasteiger partial charge >= 0.3 is 0 Å². The fourth-order valence-corrected chi connectivity index (χ4v) is 1.44. The molecule has 0 aliphatic heterocycles. The Bertz CT molecular complexity index is 370. The van der Waals surface area contributed by atoms with Gasteiger partial charge in [-0.05, 0) is 24.4 Å². The van der Waals surface area contributed by atoms with Crippen LogP contribution in [0.4, 0.5) is 10.2 Å². The number of nitrogens with zero attached hydrogens (tertiary/aromatic N) is 2. The maximum Gasteiger partial charge on any atom is 0.224 e. The van der Waals surface area contributed by atoms with E-state index in [9.17, 15) is 4.39 Å². The van der Waals surface area contributed by atoms with Crippen molar-refractivity contribution in [1.29, 1.82) is 0 Å². The highest BCUT2D eigenvalue weighted by Crippen LogP contribution is 2.44. The average molecular weight is 232 g/mol. The summed E-state index contributed by atoms with van der Waals surface area (Å²) in [5.74, 6) is -0.442. The van der Waals surface area contributed by atoms with Crippen molar-refractivity contribution in [2.24, 2.45) is 5.41 Å². The van der Waals surface area contributed by atoms with Crippen LogP contribution in [0.3, 0.4) is 0 Å². The Balaban J connectivity index is 2.01. The quantitative estimate of drug-likeness (QED) is 0.771. The summed E-state index contributed by atoms with van der Waals surface area (Å²) in [5, 5.41) is 11.9. The average Bonchev–Trinajstić information content (AvgIpc) is 3.00. The van der Waals surface area contributed by atoms with Crippen molar-refractivity contribution in [3.8, 4) is 0 Å². The third-order valence-electron chi connectivity index (χ3n) is 2.64. The first-order valence-electron chi connectivity index (χ1n) is 4.68. The molecule has 1 fully saturated rings. The highest BCUT2D eigenvalue weighted by atomic mass is 35.5. The summed E-state index contributed by atoms with van der Waals surface area (Å²) in [5.41, 5.74) is -0.0934. The molecule has 0 unspecified atom stereocenters. The van der Waals surface area contributed by atoms with Gasteiger partial charge in [-0.15, -0.1) is 0 Å². The molecule has 2 N–H and O–H groups in total. The van der Waals surface area contributed by atoms with Gasteiger partial charge in [-0.3, -0.25) is 0 Å². The SMILES string of the molecule is OCC1(CNc2nc(Cl)ncc2F)CC1. The van der Waals surface area contributed by atoms with Crippen LogP contribution >= 0.6 is 11.6 Å². The fraction of sp³-hybridized carbons (Fsp3) is 0.556. The van der Waals surface area contributed by atoms with E-state index in [0.717, 1.165) is 19.0 Å². The minimum Gasteiger partial charge on any atom is -0.396 e. The number of nitrogens with one attached hydrogen (secondary N) is 1. The first-order valence-corrected chi connectivity index (χ1v) is 5.06. The molecule has 82 valence electrons. The highest BCUT2D eigenvalue weighted by molar-refractivity contribution is 6.28. The van der Waals surface area contributed by atoms with Crippen LogP contribution in [0.15, 0.2) is 6.20 Å². The smallest absolute Gasteiger partial charge is 0.224 e. The van der Waals surface area contributed by atoms with Crippen LogP contribution in [0.2, 0.25) is 5.28 Å². The van der Waals surface area contributed by atoms with Gasteiger partial charge in [0, 0.05) is 12.0 Å². The van der Waals surface area contributed by atoms with Crippen molar-refractivity contribution in [2.45, 2.75) is 12.8 Å². The standard InChI is InChI=1S/C9H11ClFN3O/c10-8-12-3-6(11)7(14-8)13-4-9(5-15)1-2-9/h3,15H,1-2,4-5H2,(H,12,13,14). The van der Waals surface area contributed by atoms with E-state index in [-0.39, 0.29) is 23.1 Å². The largest absolute Gasteiger partial charge is 0.396 e. The minimum absolute atomic E-state index is 0.00717. The number of hydrogen-bond donors (Lipinski definition) is 2. The minimum atomic E-state index is -0.534. The molecule has 2 rings (SSSR count). The van der Waals surface area contributed by atoms with Gasteiger partial charge in [0.15, 0.2) is 11.6 Å². The van der Waals surface area contributed by atoms with Crippen LogP contribution in [0.25, 0.3) is 0 Å². The number of rotatable bonds is 4. The van der Waals surface area contributed by atoms with Gasteiger partial charge in [0.2, 0.25) is 5.28 Å². The van der Waals surface area contributed by atoms with Crippen molar-refractivity contribution in [1.82, 2.24) is 9.97 Å². The Hall–Kier alpha value is -0.940. The Morgan fingerprint density at radius 2 is 2.33 bits per heavy atom. The molecule has 1 aliphatic carbocycles. The molecule has 0 saturated heterocycles. The number of aliphatic hydroxyl groups is 1. The molecule has 0 radical (unpaired) electrons. The van der Waals surface area contributed by atoms with Gasteiger partial charge < -0.3 is 10.4 Å². The maximum atomic E-state index is 13.2. The zero-order valence-corrected chi connectivity index (χ0v) is 8.76. The molecule has 1 saturated carbocycles. The van der Waals surface area contributed by atoms with E-state index >= 15 is 0 Å². The zero-order chi connectivity index (χ0) is 10.9. The second-order valence-corrected chi connectivity index (χ2v) is 4.19. The Kier molecular flexibility index (Phi) is 2.75. The highest BCUT2D eigenvalue weighted by Gasteiger charge is 2.41. The number of aromatic nitrogens is 2. The monoisotopic (exact) mass is 231 g/mol. The van der Waals surface area contributed by atoms with Crippen molar-refractivity contribution >= 4 is 17.4 Å². The topological polar surface area (TPSA) is 58.0 Å². The summed E-state index contributed by atoms with van der Waals surface area (Å²) in [6.07, 6.45) is 2.93. The number of halogens is 2. The molecule has 0 atom stereocenters. The summed E-state index contributed by atoms with van der Waals surface area (Å²) in [6.45, 7) is 0.619. The normalized spacial score (nSPS) is 17.5. The summed E-state index contributed by atoms with van der Waals surface area (Å²) in [4.78, 5) is 7.23. The zero-order valence-electron chi connectivity index (χ0n) is 8.00. The number of aliphatic hydroxyl groups excluding tert-OH is 1. The van der Waals surface area contributed by atoms with Gasteiger partial charge in [-0.25, -0.2) is 9.37 Å². The molecule has 1 aromatic heterocycles. The molecule has 0 aromatic carbocycles. The molecule has 1 heterocycles. The molecular weight excluding hydrogens is 221 g/mol. The van der Waals surface area contributed by atoms with Crippen LogP contribution in [0, 0.1) is 11.2 Å². The Labute approximate surface area is 91.5 Å². The summed E-state index contributed by atoms with van der Waals surface area (Å²) >= 11 is 5.54. The molecule has 0 amide bonds. The lowest BCUT2D eigenvalue weighted by Crippen LogP contribution is -2.20. The van der Waals surface area contributed by atoms with Crippen molar-refractivity contribution in [3.05, 3.63) is 17.3 Å². The van der Waals surface area contributed by atoms with Crippen LogP contribution in [-0.4, -0.2) is 28.2 Å². The molecule has 0 bridgehead atoms. The van der Waals surface area contributed by atoms with E-state index in [1.54, 1.807) is 0 Å². The van der Waals surface area contributed by atoms with E-state index in [4.69, 9.17) is 16.7 Å². The maximum absolute atomic E-state index is 13.2. The van der Waals surface area contributed by atoms with E-state index in [2.05, 4.69) is 15.3 Å². The number of hydrogen-bond acceptors (Lipinski definition) is 4. The Morgan fingerprint density at radius 3 is 2.93 bits per heavy atom. The van der Waals surface area contributed by atoms with E-state index < -0.39 is 5.82 Å².